The van der Waals surface area contributed by atoms with Crippen molar-refractivity contribution in [2.75, 3.05) is 18.5 Å². The zero-order valence-electron chi connectivity index (χ0n) is 15.8. The third-order valence-electron chi connectivity index (χ3n) is 4.71. The largest absolute Gasteiger partial charge is 0.494 e. The van der Waals surface area contributed by atoms with Crippen LogP contribution in [0.25, 0.3) is 0 Å². The number of carbonyl (C=O) groups is 1. The monoisotopic (exact) mass is 374 g/mol. The first kappa shape index (κ1) is 18.0. The van der Waals surface area contributed by atoms with E-state index in [2.05, 4.69) is 27.4 Å². The van der Waals surface area contributed by atoms with Gasteiger partial charge in [0.15, 0.2) is 0 Å². The van der Waals surface area contributed by atoms with Crippen LogP contribution < -0.4 is 10.1 Å². The molecule has 0 saturated heterocycles. The molecular formula is C22H22N4O2. The summed E-state index contributed by atoms with van der Waals surface area (Å²) in [6, 6.07) is 17.5. The summed E-state index contributed by atoms with van der Waals surface area (Å²) in [7, 11) is 0. The fourth-order valence-electron chi connectivity index (χ4n) is 3.30. The van der Waals surface area contributed by atoms with Gasteiger partial charge in [0, 0.05) is 25.0 Å². The van der Waals surface area contributed by atoms with E-state index in [1.165, 1.54) is 11.1 Å². The predicted molar refractivity (Wildman–Crippen MR) is 108 cm³/mol. The number of nitrogens with zero attached hydrogens (tertiary/aromatic N) is 3. The van der Waals surface area contributed by atoms with Crippen LogP contribution in [-0.4, -0.2) is 33.9 Å². The maximum absolute atomic E-state index is 12.9. The van der Waals surface area contributed by atoms with Gasteiger partial charge < -0.3 is 15.0 Å². The SMILES string of the molecule is CCOc1ccc(Nc2nccc(C(=O)N3CCc4ccccc4C3)n2)cc1. The summed E-state index contributed by atoms with van der Waals surface area (Å²) >= 11 is 0. The Bertz CT molecular complexity index is 972. The van der Waals surface area contributed by atoms with E-state index in [1.807, 2.05) is 48.2 Å². The lowest BCUT2D eigenvalue weighted by Gasteiger charge is -2.28. The second-order valence-electron chi connectivity index (χ2n) is 6.59. The molecule has 2 heterocycles. The molecule has 0 spiro atoms. The van der Waals surface area contributed by atoms with Gasteiger partial charge in [-0.1, -0.05) is 24.3 Å². The molecule has 6 heteroatoms. The number of ether oxygens (including phenoxy) is 1. The molecule has 28 heavy (non-hydrogen) atoms. The van der Waals surface area contributed by atoms with Crippen molar-refractivity contribution in [1.82, 2.24) is 14.9 Å². The molecule has 3 aromatic rings. The van der Waals surface area contributed by atoms with E-state index >= 15 is 0 Å². The highest BCUT2D eigenvalue weighted by molar-refractivity contribution is 5.92. The van der Waals surface area contributed by atoms with Gasteiger partial charge >= 0.3 is 0 Å². The Hall–Kier alpha value is -3.41. The lowest BCUT2D eigenvalue weighted by Crippen LogP contribution is -2.36. The van der Waals surface area contributed by atoms with Crippen molar-refractivity contribution in [3.8, 4) is 5.75 Å². The van der Waals surface area contributed by atoms with Crippen LogP contribution in [0.15, 0.2) is 60.8 Å². The number of amides is 1. The molecule has 1 aliphatic heterocycles. The maximum atomic E-state index is 12.9. The Balaban J connectivity index is 1.47. The lowest BCUT2D eigenvalue weighted by molar-refractivity contribution is 0.0728. The average Bonchev–Trinajstić information content (AvgIpc) is 2.75. The fraction of sp³-hybridized carbons (Fsp3) is 0.227. The second-order valence-corrected chi connectivity index (χ2v) is 6.59. The fourth-order valence-corrected chi connectivity index (χ4v) is 3.30. The molecule has 1 amide bonds. The molecule has 1 aliphatic rings. The number of nitrogens with one attached hydrogen (secondary N) is 1. The van der Waals surface area contributed by atoms with Crippen molar-refractivity contribution in [1.29, 1.82) is 0 Å². The Morgan fingerprint density at radius 2 is 1.89 bits per heavy atom. The smallest absolute Gasteiger partial charge is 0.272 e. The van der Waals surface area contributed by atoms with Crippen LogP contribution in [0.2, 0.25) is 0 Å². The molecule has 0 unspecified atom stereocenters. The topological polar surface area (TPSA) is 67.3 Å². The molecule has 1 N–H and O–H groups in total. The van der Waals surface area contributed by atoms with Crippen LogP contribution in [0.1, 0.15) is 28.5 Å². The van der Waals surface area contributed by atoms with Gasteiger partial charge in [-0.3, -0.25) is 4.79 Å². The highest BCUT2D eigenvalue weighted by Gasteiger charge is 2.22. The summed E-state index contributed by atoms with van der Waals surface area (Å²) < 4.78 is 5.44. The van der Waals surface area contributed by atoms with E-state index in [4.69, 9.17) is 4.74 Å². The number of hydrogen-bond donors (Lipinski definition) is 1. The van der Waals surface area contributed by atoms with Crippen molar-refractivity contribution in [3.63, 3.8) is 0 Å². The first-order valence-corrected chi connectivity index (χ1v) is 9.42. The Kier molecular flexibility index (Phi) is 5.19. The molecule has 0 atom stereocenters. The Morgan fingerprint density at radius 1 is 1.11 bits per heavy atom. The minimum atomic E-state index is -0.0772. The first-order chi connectivity index (χ1) is 13.7. The van der Waals surface area contributed by atoms with Gasteiger partial charge in [0.2, 0.25) is 5.95 Å². The standard InChI is InChI=1S/C22H22N4O2/c1-2-28-19-9-7-18(8-10-19)24-22-23-13-11-20(25-22)21(27)26-14-12-16-5-3-4-6-17(16)15-26/h3-11,13H,2,12,14-15H2,1H3,(H,23,24,25). The number of aromatic nitrogens is 2. The van der Waals surface area contributed by atoms with Crippen molar-refractivity contribution < 1.29 is 9.53 Å². The molecule has 1 aromatic heterocycles. The Labute approximate surface area is 164 Å². The summed E-state index contributed by atoms with van der Waals surface area (Å²) in [4.78, 5) is 23.4. The predicted octanol–water partition coefficient (Wildman–Crippen LogP) is 3.82. The number of fused-ring (bicyclic) bond motifs is 1. The van der Waals surface area contributed by atoms with Gasteiger partial charge in [-0.05, 0) is 54.8 Å². The number of carbonyl (C=O) groups excluding carboxylic acids is 1. The highest BCUT2D eigenvalue weighted by Crippen LogP contribution is 2.21. The van der Waals surface area contributed by atoms with E-state index in [0.717, 1.165) is 17.9 Å². The molecular weight excluding hydrogens is 352 g/mol. The number of rotatable bonds is 5. The van der Waals surface area contributed by atoms with Crippen molar-refractivity contribution in [3.05, 3.63) is 77.6 Å². The molecule has 6 nitrogen and oxygen atoms in total. The van der Waals surface area contributed by atoms with E-state index in [-0.39, 0.29) is 5.91 Å². The summed E-state index contributed by atoms with van der Waals surface area (Å²) in [5, 5.41) is 3.14. The first-order valence-electron chi connectivity index (χ1n) is 9.42. The zero-order chi connectivity index (χ0) is 19.3. The van der Waals surface area contributed by atoms with Crippen LogP contribution in [-0.2, 0) is 13.0 Å². The third-order valence-corrected chi connectivity index (χ3v) is 4.71. The second kappa shape index (κ2) is 8.08. The van der Waals surface area contributed by atoms with E-state index in [1.54, 1.807) is 12.3 Å². The van der Waals surface area contributed by atoms with Crippen LogP contribution in [0, 0.1) is 0 Å². The number of hydrogen-bond acceptors (Lipinski definition) is 5. The van der Waals surface area contributed by atoms with Crippen molar-refractivity contribution >= 4 is 17.5 Å². The highest BCUT2D eigenvalue weighted by atomic mass is 16.5. The summed E-state index contributed by atoms with van der Waals surface area (Å²) in [5.41, 5.74) is 3.73. The summed E-state index contributed by atoms with van der Waals surface area (Å²) in [6.07, 6.45) is 2.47. The minimum absolute atomic E-state index is 0.0772. The molecule has 4 rings (SSSR count). The van der Waals surface area contributed by atoms with Crippen LogP contribution in [0.4, 0.5) is 11.6 Å². The van der Waals surface area contributed by atoms with E-state index in [9.17, 15) is 4.79 Å². The van der Waals surface area contributed by atoms with Gasteiger partial charge in [0.05, 0.1) is 6.61 Å². The molecule has 0 radical (unpaired) electrons. The van der Waals surface area contributed by atoms with Crippen molar-refractivity contribution in [2.45, 2.75) is 19.9 Å². The molecule has 0 aliphatic carbocycles. The van der Waals surface area contributed by atoms with Gasteiger partial charge in [-0.25, -0.2) is 9.97 Å². The molecule has 0 fully saturated rings. The van der Waals surface area contributed by atoms with Gasteiger partial charge in [0.25, 0.3) is 5.91 Å². The number of benzene rings is 2. The van der Waals surface area contributed by atoms with E-state index < -0.39 is 0 Å². The molecule has 2 aromatic carbocycles. The molecule has 142 valence electrons. The summed E-state index contributed by atoms with van der Waals surface area (Å²) in [5.74, 6) is 1.13. The van der Waals surface area contributed by atoms with Gasteiger partial charge in [-0.2, -0.15) is 0 Å². The number of anilines is 2. The lowest BCUT2D eigenvalue weighted by atomic mass is 10.00. The third kappa shape index (κ3) is 3.96. The molecule has 0 saturated carbocycles. The average molecular weight is 374 g/mol. The normalized spacial score (nSPS) is 13.0. The van der Waals surface area contributed by atoms with Crippen LogP contribution in [0.3, 0.4) is 0 Å². The van der Waals surface area contributed by atoms with Crippen molar-refractivity contribution in [2.24, 2.45) is 0 Å². The zero-order valence-corrected chi connectivity index (χ0v) is 15.8. The minimum Gasteiger partial charge on any atom is -0.494 e. The maximum Gasteiger partial charge on any atom is 0.272 e. The van der Waals surface area contributed by atoms with Gasteiger partial charge in [-0.15, -0.1) is 0 Å². The molecule has 0 bridgehead atoms. The quantitative estimate of drug-likeness (QED) is 0.735. The van der Waals surface area contributed by atoms with Crippen LogP contribution in [0.5, 0.6) is 5.75 Å². The van der Waals surface area contributed by atoms with Crippen LogP contribution >= 0.6 is 0 Å². The summed E-state index contributed by atoms with van der Waals surface area (Å²) in [6.45, 7) is 3.88. The van der Waals surface area contributed by atoms with E-state index in [0.29, 0.717) is 31.3 Å². The Morgan fingerprint density at radius 3 is 2.68 bits per heavy atom. The van der Waals surface area contributed by atoms with Gasteiger partial charge in [0.1, 0.15) is 11.4 Å².